The maximum atomic E-state index is 12.9. The number of hydrogen-bond donors (Lipinski definition) is 1. The lowest BCUT2D eigenvalue weighted by molar-refractivity contribution is -0.117. The summed E-state index contributed by atoms with van der Waals surface area (Å²) in [5, 5.41) is 11.7. The molecule has 2 rings (SSSR count). The summed E-state index contributed by atoms with van der Waals surface area (Å²) in [4.78, 5) is 11.8. The molecule has 0 spiro atoms. The Morgan fingerprint density at radius 1 is 1.27 bits per heavy atom. The fraction of sp³-hybridized carbons (Fsp3) is 0.176. The van der Waals surface area contributed by atoms with Gasteiger partial charge in [0.1, 0.15) is 29.0 Å². The second kappa shape index (κ2) is 6.72. The van der Waals surface area contributed by atoms with Crippen LogP contribution in [0.5, 0.6) is 0 Å². The highest BCUT2D eigenvalue weighted by Gasteiger charge is 2.11. The van der Waals surface area contributed by atoms with E-state index in [2.05, 4.69) is 5.32 Å². The largest absolute Gasteiger partial charge is 0.457 e. The van der Waals surface area contributed by atoms with Crippen LogP contribution in [0.3, 0.4) is 0 Å². The third-order valence-electron chi connectivity index (χ3n) is 2.83. The molecule has 0 aliphatic heterocycles. The Labute approximate surface area is 127 Å². The smallest absolute Gasteiger partial charge is 0.262 e. The summed E-state index contributed by atoms with van der Waals surface area (Å²) in [6, 6.07) is 11.0. The van der Waals surface area contributed by atoms with E-state index in [9.17, 15) is 9.18 Å². The third-order valence-corrected chi connectivity index (χ3v) is 2.83. The predicted octanol–water partition coefficient (Wildman–Crippen LogP) is 3.52. The number of nitrogens with zero attached hydrogens (tertiary/aromatic N) is 1. The van der Waals surface area contributed by atoms with E-state index in [-0.39, 0.29) is 17.4 Å². The van der Waals surface area contributed by atoms with E-state index in [1.165, 1.54) is 18.2 Å². The molecular weight excluding hydrogens is 283 g/mol. The number of benzene rings is 1. The number of nitriles is 1. The van der Waals surface area contributed by atoms with Gasteiger partial charge in [-0.3, -0.25) is 4.79 Å². The van der Waals surface area contributed by atoms with Crippen LogP contribution in [0.4, 0.5) is 4.39 Å². The van der Waals surface area contributed by atoms with Gasteiger partial charge >= 0.3 is 0 Å². The summed E-state index contributed by atoms with van der Waals surface area (Å²) >= 11 is 0. The van der Waals surface area contributed by atoms with Crippen molar-refractivity contribution in [3.05, 3.63) is 53.5 Å². The van der Waals surface area contributed by atoms with Gasteiger partial charge in [0, 0.05) is 17.7 Å². The number of nitrogens with one attached hydrogen (secondary N) is 1. The highest BCUT2D eigenvalue weighted by molar-refractivity contribution is 6.01. The van der Waals surface area contributed by atoms with Crippen LogP contribution in [0.2, 0.25) is 0 Å². The fourth-order valence-corrected chi connectivity index (χ4v) is 1.83. The Kier molecular flexibility index (Phi) is 4.74. The molecule has 1 amide bonds. The number of hydrogen-bond acceptors (Lipinski definition) is 3. The molecule has 0 bridgehead atoms. The maximum absolute atomic E-state index is 12.9. The standard InChI is InChI=1S/C17H15FN2O2/c1-11(2)20-17(21)13(10-19)9-15-7-8-16(22-15)12-3-5-14(18)6-4-12/h3-9,11H,1-2H3,(H,20,21)/b13-9+. The van der Waals surface area contributed by atoms with Crippen LogP contribution in [0.25, 0.3) is 17.4 Å². The van der Waals surface area contributed by atoms with Gasteiger partial charge in [-0.2, -0.15) is 5.26 Å². The zero-order valence-electron chi connectivity index (χ0n) is 12.3. The van der Waals surface area contributed by atoms with E-state index in [0.29, 0.717) is 17.1 Å². The highest BCUT2D eigenvalue weighted by atomic mass is 19.1. The molecule has 2 aromatic rings. The zero-order chi connectivity index (χ0) is 16.1. The lowest BCUT2D eigenvalue weighted by atomic mass is 10.2. The van der Waals surface area contributed by atoms with Crippen molar-refractivity contribution < 1.29 is 13.6 Å². The van der Waals surface area contributed by atoms with Crippen molar-refractivity contribution in [3.8, 4) is 17.4 Å². The van der Waals surface area contributed by atoms with Gasteiger partial charge in [-0.05, 0) is 50.2 Å². The molecule has 5 heteroatoms. The minimum atomic E-state index is -0.447. The molecule has 1 aromatic heterocycles. The van der Waals surface area contributed by atoms with Gasteiger partial charge in [-0.1, -0.05) is 0 Å². The lowest BCUT2D eigenvalue weighted by Crippen LogP contribution is -2.30. The average molecular weight is 298 g/mol. The van der Waals surface area contributed by atoms with E-state index in [1.807, 2.05) is 19.9 Å². The summed E-state index contributed by atoms with van der Waals surface area (Å²) in [7, 11) is 0. The summed E-state index contributed by atoms with van der Waals surface area (Å²) in [5.41, 5.74) is 0.680. The van der Waals surface area contributed by atoms with Gasteiger partial charge in [0.15, 0.2) is 0 Å². The van der Waals surface area contributed by atoms with Gasteiger partial charge in [-0.25, -0.2) is 4.39 Å². The Morgan fingerprint density at radius 2 is 1.95 bits per heavy atom. The van der Waals surface area contributed by atoms with Gasteiger partial charge in [-0.15, -0.1) is 0 Å². The van der Waals surface area contributed by atoms with Crippen molar-refractivity contribution in [1.82, 2.24) is 5.32 Å². The zero-order valence-corrected chi connectivity index (χ0v) is 12.3. The van der Waals surface area contributed by atoms with Crippen LogP contribution < -0.4 is 5.32 Å². The van der Waals surface area contributed by atoms with Crippen LogP contribution in [0, 0.1) is 17.1 Å². The van der Waals surface area contributed by atoms with Crippen molar-refractivity contribution in [2.75, 3.05) is 0 Å². The third kappa shape index (κ3) is 3.83. The number of halogens is 1. The molecule has 0 radical (unpaired) electrons. The van der Waals surface area contributed by atoms with Gasteiger partial charge in [0.25, 0.3) is 5.91 Å². The van der Waals surface area contributed by atoms with E-state index >= 15 is 0 Å². The number of carbonyl (C=O) groups is 1. The minimum absolute atomic E-state index is 0.0336. The summed E-state index contributed by atoms with van der Waals surface area (Å²) < 4.78 is 18.5. The molecule has 1 heterocycles. The number of carbonyl (C=O) groups excluding carboxylic acids is 1. The molecule has 0 atom stereocenters. The van der Waals surface area contributed by atoms with Gasteiger partial charge < -0.3 is 9.73 Å². The highest BCUT2D eigenvalue weighted by Crippen LogP contribution is 2.23. The van der Waals surface area contributed by atoms with Crippen molar-refractivity contribution >= 4 is 12.0 Å². The van der Waals surface area contributed by atoms with E-state index < -0.39 is 5.91 Å². The first kappa shape index (κ1) is 15.5. The Balaban J connectivity index is 2.23. The first-order valence-electron chi connectivity index (χ1n) is 6.78. The molecule has 0 saturated carbocycles. The first-order valence-corrected chi connectivity index (χ1v) is 6.78. The Morgan fingerprint density at radius 3 is 2.55 bits per heavy atom. The van der Waals surface area contributed by atoms with Crippen LogP contribution in [0.1, 0.15) is 19.6 Å². The van der Waals surface area contributed by atoms with E-state index in [4.69, 9.17) is 9.68 Å². The molecule has 112 valence electrons. The molecule has 4 nitrogen and oxygen atoms in total. The number of furan rings is 1. The molecule has 22 heavy (non-hydrogen) atoms. The minimum Gasteiger partial charge on any atom is -0.457 e. The van der Waals surface area contributed by atoms with Crippen molar-refractivity contribution in [1.29, 1.82) is 5.26 Å². The molecule has 0 fully saturated rings. The van der Waals surface area contributed by atoms with Crippen LogP contribution in [-0.2, 0) is 4.79 Å². The quantitative estimate of drug-likeness (QED) is 0.693. The van der Waals surface area contributed by atoms with Crippen LogP contribution in [0.15, 0.2) is 46.4 Å². The molecular formula is C17H15FN2O2. The Bertz CT molecular complexity index is 737. The van der Waals surface area contributed by atoms with E-state index in [1.54, 1.807) is 24.3 Å². The summed E-state index contributed by atoms with van der Waals surface area (Å²) in [5.74, 6) is 0.146. The van der Waals surface area contributed by atoms with Crippen LogP contribution in [-0.4, -0.2) is 11.9 Å². The van der Waals surface area contributed by atoms with E-state index in [0.717, 1.165) is 0 Å². The molecule has 1 aromatic carbocycles. The average Bonchev–Trinajstić information content (AvgIpc) is 2.93. The second-order valence-corrected chi connectivity index (χ2v) is 5.01. The predicted molar refractivity (Wildman–Crippen MR) is 81.0 cm³/mol. The monoisotopic (exact) mass is 298 g/mol. The number of amides is 1. The molecule has 1 N–H and O–H groups in total. The number of rotatable bonds is 4. The topological polar surface area (TPSA) is 66.0 Å². The second-order valence-electron chi connectivity index (χ2n) is 5.01. The normalized spacial score (nSPS) is 11.3. The molecule has 0 aliphatic rings. The lowest BCUT2D eigenvalue weighted by Gasteiger charge is -2.06. The fourth-order valence-electron chi connectivity index (χ4n) is 1.83. The van der Waals surface area contributed by atoms with Crippen molar-refractivity contribution in [3.63, 3.8) is 0 Å². The first-order chi connectivity index (χ1) is 10.5. The van der Waals surface area contributed by atoms with Crippen LogP contribution >= 0.6 is 0 Å². The summed E-state index contributed by atoms with van der Waals surface area (Å²) in [6.07, 6.45) is 1.38. The Hall–Kier alpha value is -2.87. The SMILES string of the molecule is CC(C)NC(=O)/C(C#N)=C/c1ccc(-c2ccc(F)cc2)o1. The van der Waals surface area contributed by atoms with Crippen molar-refractivity contribution in [2.24, 2.45) is 0 Å². The van der Waals surface area contributed by atoms with Crippen molar-refractivity contribution in [2.45, 2.75) is 19.9 Å². The summed E-state index contributed by atoms with van der Waals surface area (Å²) in [6.45, 7) is 3.62. The molecule has 0 unspecified atom stereocenters. The molecule has 0 saturated heterocycles. The van der Waals surface area contributed by atoms with Gasteiger partial charge in [0.05, 0.1) is 0 Å². The van der Waals surface area contributed by atoms with Gasteiger partial charge in [0.2, 0.25) is 0 Å². The molecule has 0 aliphatic carbocycles. The maximum Gasteiger partial charge on any atom is 0.262 e.